The molecule has 0 saturated heterocycles. The summed E-state index contributed by atoms with van der Waals surface area (Å²) in [6, 6.07) is 16.5. The Balaban J connectivity index is 1.47. The molecule has 7 heteroatoms. The fourth-order valence-corrected chi connectivity index (χ4v) is 3.76. The van der Waals surface area contributed by atoms with Crippen LogP contribution in [0, 0.1) is 6.92 Å². The molecule has 1 heterocycles. The molecule has 5 nitrogen and oxygen atoms in total. The maximum Gasteiger partial charge on any atom is 0.230 e. The number of aryl methyl sites for hydroxylation is 2. The minimum atomic E-state index is 0.00626. The topological polar surface area (TPSA) is 59.8 Å². The van der Waals surface area contributed by atoms with Crippen LogP contribution >= 0.6 is 27.7 Å². The molecule has 0 bridgehead atoms. The summed E-state index contributed by atoms with van der Waals surface area (Å²) in [5.41, 5.74) is 3.45. The number of thioether (sulfide) groups is 1. The maximum atomic E-state index is 12.3. The molecule has 1 atom stereocenters. The molecule has 0 radical (unpaired) electrons. The third-order valence-electron chi connectivity index (χ3n) is 4.35. The number of halogens is 1. The second-order valence-electron chi connectivity index (χ2n) is 6.74. The van der Waals surface area contributed by atoms with Crippen molar-refractivity contribution in [1.29, 1.82) is 0 Å². The lowest BCUT2D eigenvalue weighted by molar-refractivity contribution is -0.119. The van der Waals surface area contributed by atoms with E-state index in [0.717, 1.165) is 23.0 Å². The van der Waals surface area contributed by atoms with Crippen molar-refractivity contribution < 1.29 is 4.79 Å². The van der Waals surface area contributed by atoms with Crippen LogP contribution in [-0.4, -0.2) is 32.5 Å². The molecule has 2 aromatic carbocycles. The molecule has 0 fully saturated rings. The smallest absolute Gasteiger partial charge is 0.230 e. The van der Waals surface area contributed by atoms with E-state index in [0.29, 0.717) is 10.9 Å². The van der Waals surface area contributed by atoms with Gasteiger partial charge in [-0.3, -0.25) is 9.36 Å². The number of hydrogen-bond donors (Lipinski definition) is 1. The summed E-state index contributed by atoms with van der Waals surface area (Å²) >= 11 is 4.84. The van der Waals surface area contributed by atoms with E-state index in [4.69, 9.17) is 0 Å². The van der Waals surface area contributed by atoms with Crippen LogP contribution < -0.4 is 5.32 Å². The number of nitrogens with one attached hydrogen (secondary N) is 1. The Hall–Kier alpha value is -2.12. The molecule has 0 aliphatic heterocycles. The minimum absolute atomic E-state index is 0.00626. The zero-order valence-corrected chi connectivity index (χ0v) is 18.3. The molecule has 1 aromatic heterocycles. The zero-order valence-electron chi connectivity index (χ0n) is 15.9. The van der Waals surface area contributed by atoms with Crippen LogP contribution in [-0.2, 0) is 11.2 Å². The van der Waals surface area contributed by atoms with Crippen LogP contribution in [0.3, 0.4) is 0 Å². The van der Waals surface area contributed by atoms with Crippen molar-refractivity contribution in [3.63, 3.8) is 0 Å². The van der Waals surface area contributed by atoms with Crippen molar-refractivity contribution in [1.82, 2.24) is 20.1 Å². The summed E-state index contributed by atoms with van der Waals surface area (Å²) in [5, 5.41) is 11.9. The Morgan fingerprint density at radius 3 is 2.61 bits per heavy atom. The third-order valence-corrected chi connectivity index (χ3v) is 5.82. The lowest BCUT2D eigenvalue weighted by Gasteiger charge is -2.14. The van der Waals surface area contributed by atoms with Crippen LogP contribution in [0.4, 0.5) is 0 Å². The van der Waals surface area contributed by atoms with Crippen LogP contribution in [0.15, 0.2) is 64.5 Å². The predicted octanol–water partition coefficient (Wildman–Crippen LogP) is 4.57. The van der Waals surface area contributed by atoms with Gasteiger partial charge < -0.3 is 5.32 Å². The molecule has 1 unspecified atom stereocenters. The van der Waals surface area contributed by atoms with Gasteiger partial charge in [0.15, 0.2) is 5.16 Å². The highest BCUT2D eigenvalue weighted by Gasteiger charge is 2.12. The van der Waals surface area contributed by atoms with Crippen molar-refractivity contribution in [3.05, 3.63) is 70.5 Å². The zero-order chi connectivity index (χ0) is 19.9. The summed E-state index contributed by atoms with van der Waals surface area (Å²) in [6.07, 6.45) is 3.51. The van der Waals surface area contributed by atoms with E-state index in [2.05, 4.69) is 43.6 Å². The van der Waals surface area contributed by atoms with E-state index >= 15 is 0 Å². The Bertz CT molecular complexity index is 909. The Morgan fingerprint density at radius 1 is 1.18 bits per heavy atom. The Labute approximate surface area is 178 Å². The summed E-state index contributed by atoms with van der Waals surface area (Å²) in [5.74, 6) is 0.319. The first-order valence-electron chi connectivity index (χ1n) is 9.15. The van der Waals surface area contributed by atoms with E-state index in [1.165, 1.54) is 22.9 Å². The van der Waals surface area contributed by atoms with Crippen LogP contribution in [0.25, 0.3) is 5.69 Å². The van der Waals surface area contributed by atoms with E-state index in [1.807, 2.05) is 54.8 Å². The normalized spacial score (nSPS) is 12.0. The van der Waals surface area contributed by atoms with Crippen molar-refractivity contribution in [3.8, 4) is 5.69 Å². The van der Waals surface area contributed by atoms with E-state index in [9.17, 15) is 4.79 Å². The molecular formula is C21H23BrN4OS. The molecule has 0 aliphatic carbocycles. The molecule has 28 heavy (non-hydrogen) atoms. The van der Waals surface area contributed by atoms with Gasteiger partial charge in [-0.1, -0.05) is 57.5 Å². The standard InChI is InChI=1S/C21H23BrN4OS/c1-15-3-11-19(12-4-15)26-14-23-25-21(26)28-13-20(27)24-16(2)5-6-17-7-9-18(22)10-8-17/h3-4,7-12,14,16H,5-6,13H2,1-2H3,(H,24,27). The van der Waals surface area contributed by atoms with Crippen LogP contribution in [0.5, 0.6) is 0 Å². The van der Waals surface area contributed by atoms with Crippen molar-refractivity contribution in [2.24, 2.45) is 0 Å². The predicted molar refractivity (Wildman–Crippen MR) is 117 cm³/mol. The quantitative estimate of drug-likeness (QED) is 0.502. The molecule has 146 valence electrons. The SMILES string of the molecule is Cc1ccc(-n2cnnc2SCC(=O)NC(C)CCc2ccc(Br)cc2)cc1. The average molecular weight is 459 g/mol. The van der Waals surface area contributed by atoms with Crippen molar-refractivity contribution in [2.45, 2.75) is 37.9 Å². The fourth-order valence-electron chi connectivity index (χ4n) is 2.76. The summed E-state index contributed by atoms with van der Waals surface area (Å²) in [6.45, 7) is 4.09. The van der Waals surface area contributed by atoms with Crippen molar-refractivity contribution in [2.75, 3.05) is 5.75 Å². The molecule has 3 aromatic rings. The highest BCUT2D eigenvalue weighted by Crippen LogP contribution is 2.19. The van der Waals surface area contributed by atoms with Gasteiger partial charge in [0.25, 0.3) is 0 Å². The van der Waals surface area contributed by atoms with E-state index < -0.39 is 0 Å². The fraction of sp³-hybridized carbons (Fsp3) is 0.286. The number of hydrogen-bond acceptors (Lipinski definition) is 4. The van der Waals surface area contributed by atoms with Crippen molar-refractivity contribution >= 4 is 33.6 Å². The Morgan fingerprint density at radius 2 is 1.89 bits per heavy atom. The summed E-state index contributed by atoms with van der Waals surface area (Å²) < 4.78 is 2.97. The number of carbonyl (C=O) groups is 1. The van der Waals surface area contributed by atoms with Gasteiger partial charge in [0.05, 0.1) is 5.75 Å². The van der Waals surface area contributed by atoms with Crippen LogP contribution in [0.1, 0.15) is 24.5 Å². The summed E-state index contributed by atoms with van der Waals surface area (Å²) in [4.78, 5) is 12.3. The van der Waals surface area contributed by atoms with Gasteiger partial charge in [-0.2, -0.15) is 0 Å². The second-order valence-corrected chi connectivity index (χ2v) is 8.60. The largest absolute Gasteiger partial charge is 0.353 e. The number of aromatic nitrogens is 3. The molecule has 0 aliphatic rings. The van der Waals surface area contributed by atoms with Gasteiger partial charge in [-0.25, -0.2) is 0 Å². The molecule has 1 N–H and O–H groups in total. The van der Waals surface area contributed by atoms with Gasteiger partial charge in [-0.15, -0.1) is 10.2 Å². The monoisotopic (exact) mass is 458 g/mol. The van der Waals surface area contributed by atoms with Gasteiger partial charge in [-0.05, 0) is 56.5 Å². The highest BCUT2D eigenvalue weighted by molar-refractivity contribution is 9.10. The number of amides is 1. The number of benzene rings is 2. The second kappa shape index (κ2) is 9.89. The van der Waals surface area contributed by atoms with Gasteiger partial charge in [0, 0.05) is 16.2 Å². The van der Waals surface area contributed by atoms with E-state index in [1.54, 1.807) is 6.33 Å². The number of carbonyl (C=O) groups excluding carboxylic acids is 1. The number of rotatable bonds is 8. The van der Waals surface area contributed by atoms with Gasteiger partial charge in [0.2, 0.25) is 5.91 Å². The first-order chi connectivity index (χ1) is 13.5. The highest BCUT2D eigenvalue weighted by atomic mass is 79.9. The molecule has 3 rings (SSSR count). The molecule has 1 amide bonds. The van der Waals surface area contributed by atoms with Crippen LogP contribution in [0.2, 0.25) is 0 Å². The van der Waals surface area contributed by atoms with E-state index in [-0.39, 0.29) is 11.9 Å². The molecular weight excluding hydrogens is 436 g/mol. The lowest BCUT2D eigenvalue weighted by Crippen LogP contribution is -2.34. The molecule has 0 spiro atoms. The minimum Gasteiger partial charge on any atom is -0.353 e. The first kappa shape index (κ1) is 20.6. The van der Waals surface area contributed by atoms with Gasteiger partial charge in [0.1, 0.15) is 6.33 Å². The summed E-state index contributed by atoms with van der Waals surface area (Å²) in [7, 11) is 0. The molecule has 0 saturated carbocycles. The Kier molecular flexibility index (Phi) is 7.28. The lowest BCUT2D eigenvalue weighted by atomic mass is 10.1. The first-order valence-corrected chi connectivity index (χ1v) is 10.9. The maximum absolute atomic E-state index is 12.3. The third kappa shape index (κ3) is 5.94. The number of nitrogens with zero attached hydrogens (tertiary/aromatic N) is 3. The average Bonchev–Trinajstić information content (AvgIpc) is 3.15. The van der Waals surface area contributed by atoms with Gasteiger partial charge >= 0.3 is 0 Å².